The minimum Gasteiger partial charge on any atom is -0.497 e. The van der Waals surface area contributed by atoms with Gasteiger partial charge in [-0.3, -0.25) is 5.32 Å². The molecule has 2 aromatic carbocycles. The highest BCUT2D eigenvalue weighted by atomic mass is 16.5. The number of aromatic hydroxyl groups is 1. The van der Waals surface area contributed by atoms with Crippen molar-refractivity contribution in [2.75, 3.05) is 26.6 Å². The number of rotatable bonds is 5. The van der Waals surface area contributed by atoms with Gasteiger partial charge in [0, 0.05) is 11.5 Å². The molecule has 2 aromatic heterocycles. The second kappa shape index (κ2) is 7.27. The number of hydrogen-bond donors (Lipinski definition) is 2. The Hall–Kier alpha value is -3.88. The van der Waals surface area contributed by atoms with E-state index in [2.05, 4.69) is 25.3 Å². The first-order valence-electron chi connectivity index (χ1n) is 8.74. The fourth-order valence-electron chi connectivity index (χ4n) is 3.04. The zero-order chi connectivity index (χ0) is 20.5. The van der Waals surface area contributed by atoms with Gasteiger partial charge in [0.25, 0.3) is 0 Å². The van der Waals surface area contributed by atoms with Gasteiger partial charge in [-0.15, -0.1) is 0 Å². The highest BCUT2D eigenvalue weighted by Gasteiger charge is 2.14. The fraction of sp³-hybridized carbons (Fsp3) is 0.200. The van der Waals surface area contributed by atoms with Gasteiger partial charge in [0.1, 0.15) is 5.75 Å². The van der Waals surface area contributed by atoms with Crippen LogP contribution in [0.2, 0.25) is 0 Å². The molecule has 0 bridgehead atoms. The molecule has 2 heterocycles. The molecule has 0 unspecified atom stereocenters. The molecule has 4 aromatic rings. The number of aromatic nitrogens is 4. The number of ether oxygens (including phenoxy) is 3. The topological polar surface area (TPSA) is 112 Å². The Labute approximate surface area is 166 Å². The van der Waals surface area contributed by atoms with E-state index in [4.69, 9.17) is 14.2 Å². The molecular weight excluding hydrogens is 374 g/mol. The minimum atomic E-state index is -0.194. The number of hydrogen-bond acceptors (Lipinski definition) is 9. The summed E-state index contributed by atoms with van der Waals surface area (Å²) in [7, 11) is 4.67. The Morgan fingerprint density at radius 2 is 1.45 bits per heavy atom. The quantitative estimate of drug-likeness (QED) is 0.527. The summed E-state index contributed by atoms with van der Waals surface area (Å²) in [4.78, 5) is 17.5. The lowest BCUT2D eigenvalue weighted by Crippen LogP contribution is -2.03. The molecule has 9 heteroatoms. The van der Waals surface area contributed by atoms with E-state index in [1.54, 1.807) is 19.2 Å². The Balaban J connectivity index is 1.75. The summed E-state index contributed by atoms with van der Waals surface area (Å²) in [6.45, 7) is 1.88. The molecule has 0 atom stereocenters. The van der Waals surface area contributed by atoms with Gasteiger partial charge in [-0.05, 0) is 31.2 Å². The number of anilines is 2. The average molecular weight is 393 g/mol. The van der Waals surface area contributed by atoms with Gasteiger partial charge in [-0.2, -0.15) is 4.98 Å². The lowest BCUT2D eigenvalue weighted by Gasteiger charge is -2.11. The molecule has 9 nitrogen and oxygen atoms in total. The minimum absolute atomic E-state index is 0.162. The van der Waals surface area contributed by atoms with Crippen LogP contribution in [0.4, 0.5) is 11.9 Å². The van der Waals surface area contributed by atoms with E-state index in [9.17, 15) is 5.11 Å². The fourth-order valence-corrected chi connectivity index (χ4v) is 3.04. The molecule has 2 N–H and O–H groups in total. The maximum Gasteiger partial charge on any atom is 0.233 e. The van der Waals surface area contributed by atoms with Crippen LogP contribution < -0.4 is 19.5 Å². The predicted molar refractivity (Wildman–Crippen MR) is 108 cm³/mol. The molecule has 0 amide bonds. The first-order chi connectivity index (χ1) is 14.0. The van der Waals surface area contributed by atoms with Gasteiger partial charge in [-0.1, -0.05) is 0 Å². The molecule has 4 rings (SSSR count). The van der Waals surface area contributed by atoms with Gasteiger partial charge >= 0.3 is 0 Å². The van der Waals surface area contributed by atoms with E-state index in [0.29, 0.717) is 28.4 Å². The maximum atomic E-state index is 10.4. The molecule has 0 saturated carbocycles. The van der Waals surface area contributed by atoms with Gasteiger partial charge in [0.05, 0.1) is 43.4 Å². The molecule has 148 valence electrons. The number of aryl methyl sites for hydroxylation is 1. The van der Waals surface area contributed by atoms with Crippen LogP contribution in [0.5, 0.6) is 23.1 Å². The largest absolute Gasteiger partial charge is 0.497 e. The number of fused-ring (bicyclic) bond motifs is 2. The lowest BCUT2D eigenvalue weighted by molar-refractivity contribution is 0.355. The van der Waals surface area contributed by atoms with Crippen LogP contribution in [0.3, 0.4) is 0 Å². The Kier molecular flexibility index (Phi) is 4.63. The van der Waals surface area contributed by atoms with E-state index < -0.39 is 0 Å². The van der Waals surface area contributed by atoms with Crippen LogP contribution in [-0.2, 0) is 0 Å². The summed E-state index contributed by atoms with van der Waals surface area (Å²) in [5.41, 5.74) is 2.00. The van der Waals surface area contributed by atoms with Crippen molar-refractivity contribution in [2.24, 2.45) is 0 Å². The van der Waals surface area contributed by atoms with Gasteiger partial charge in [0.2, 0.25) is 17.8 Å². The van der Waals surface area contributed by atoms with Crippen LogP contribution in [0, 0.1) is 6.92 Å². The Morgan fingerprint density at radius 3 is 2.17 bits per heavy atom. The number of nitrogens with one attached hydrogen (secondary N) is 1. The highest BCUT2D eigenvalue weighted by molar-refractivity contribution is 5.88. The van der Waals surface area contributed by atoms with E-state index in [0.717, 1.165) is 22.3 Å². The number of benzene rings is 2. The molecule has 29 heavy (non-hydrogen) atoms. The predicted octanol–water partition coefficient (Wildman–Crippen LogP) is 3.36. The standard InChI is InChI=1S/C20H19N5O4/c1-10-12-7-11(27-2)5-6-14(12)22-19(21-10)25-20-23-15-9-17(29-4)16(28-3)8-13(15)18(26)24-20/h5-9H,1-4H3,(H2,21,22,23,24,25,26). The Bertz CT molecular complexity index is 1230. The highest BCUT2D eigenvalue weighted by Crippen LogP contribution is 2.35. The SMILES string of the molecule is COc1ccc2nc(Nc3nc(O)c4cc(OC)c(OC)cc4n3)nc(C)c2c1. The van der Waals surface area contributed by atoms with Crippen molar-refractivity contribution in [2.45, 2.75) is 6.92 Å². The third kappa shape index (κ3) is 3.38. The van der Waals surface area contributed by atoms with Gasteiger partial charge in [-0.25, -0.2) is 15.0 Å². The third-order valence-corrected chi connectivity index (χ3v) is 4.50. The molecule has 0 spiro atoms. The lowest BCUT2D eigenvalue weighted by atomic mass is 10.2. The maximum absolute atomic E-state index is 10.4. The third-order valence-electron chi connectivity index (χ3n) is 4.50. The van der Waals surface area contributed by atoms with Crippen LogP contribution in [0.25, 0.3) is 21.8 Å². The van der Waals surface area contributed by atoms with Gasteiger partial charge in [0.15, 0.2) is 11.5 Å². The van der Waals surface area contributed by atoms with Crippen LogP contribution in [-0.4, -0.2) is 46.4 Å². The molecule has 0 aliphatic heterocycles. The Morgan fingerprint density at radius 1 is 0.759 bits per heavy atom. The first-order valence-corrected chi connectivity index (χ1v) is 8.74. The molecule has 0 aliphatic carbocycles. The van der Waals surface area contributed by atoms with Crippen molar-refractivity contribution in [1.29, 1.82) is 0 Å². The molecule has 0 radical (unpaired) electrons. The smallest absolute Gasteiger partial charge is 0.233 e. The van der Waals surface area contributed by atoms with Crippen molar-refractivity contribution >= 4 is 33.7 Å². The van der Waals surface area contributed by atoms with E-state index in [-0.39, 0.29) is 11.8 Å². The zero-order valence-electron chi connectivity index (χ0n) is 16.3. The number of nitrogens with zero attached hydrogens (tertiary/aromatic N) is 4. The average Bonchev–Trinajstić information content (AvgIpc) is 2.72. The van der Waals surface area contributed by atoms with E-state index in [1.807, 2.05) is 25.1 Å². The normalized spacial score (nSPS) is 10.9. The van der Waals surface area contributed by atoms with Crippen molar-refractivity contribution in [1.82, 2.24) is 19.9 Å². The van der Waals surface area contributed by atoms with Crippen LogP contribution in [0.1, 0.15) is 5.69 Å². The van der Waals surface area contributed by atoms with Crippen molar-refractivity contribution in [3.63, 3.8) is 0 Å². The monoisotopic (exact) mass is 393 g/mol. The summed E-state index contributed by atoms with van der Waals surface area (Å²) in [5, 5.41) is 14.6. The summed E-state index contributed by atoms with van der Waals surface area (Å²) in [6, 6.07) is 8.85. The van der Waals surface area contributed by atoms with Crippen LogP contribution >= 0.6 is 0 Å². The summed E-state index contributed by atoms with van der Waals surface area (Å²) in [6.07, 6.45) is 0. The summed E-state index contributed by atoms with van der Waals surface area (Å²) < 4.78 is 15.8. The van der Waals surface area contributed by atoms with Crippen LogP contribution in [0.15, 0.2) is 30.3 Å². The van der Waals surface area contributed by atoms with Gasteiger partial charge < -0.3 is 19.3 Å². The second-order valence-electron chi connectivity index (χ2n) is 6.24. The number of methoxy groups -OCH3 is 3. The van der Waals surface area contributed by atoms with E-state index in [1.165, 1.54) is 14.2 Å². The zero-order valence-corrected chi connectivity index (χ0v) is 16.3. The summed E-state index contributed by atoms with van der Waals surface area (Å²) in [5.74, 6) is 1.99. The molecule has 0 saturated heterocycles. The molecule has 0 fully saturated rings. The van der Waals surface area contributed by atoms with Crippen molar-refractivity contribution in [3.05, 3.63) is 36.0 Å². The van der Waals surface area contributed by atoms with Crippen molar-refractivity contribution in [3.8, 4) is 23.1 Å². The molecule has 0 aliphatic rings. The molecular formula is C20H19N5O4. The first kappa shape index (κ1) is 18.5. The summed E-state index contributed by atoms with van der Waals surface area (Å²) >= 11 is 0. The van der Waals surface area contributed by atoms with E-state index >= 15 is 0 Å². The second-order valence-corrected chi connectivity index (χ2v) is 6.24. The van der Waals surface area contributed by atoms with Crippen molar-refractivity contribution < 1.29 is 19.3 Å².